The summed E-state index contributed by atoms with van der Waals surface area (Å²) in [4.78, 5) is 0. The van der Waals surface area contributed by atoms with Crippen molar-refractivity contribution in [2.75, 3.05) is 26.4 Å². The third-order valence-corrected chi connectivity index (χ3v) is 3.16. The molecule has 4 nitrogen and oxygen atoms in total. The van der Waals surface area contributed by atoms with E-state index in [4.69, 9.17) is 18.9 Å². The summed E-state index contributed by atoms with van der Waals surface area (Å²) in [5.74, 6) is 0. The van der Waals surface area contributed by atoms with Crippen LogP contribution in [0.5, 0.6) is 0 Å². The van der Waals surface area contributed by atoms with Gasteiger partial charge in [0.1, 0.15) is 0 Å². The van der Waals surface area contributed by atoms with E-state index in [-0.39, 0.29) is 29.8 Å². The molecule has 0 radical (unpaired) electrons. The summed E-state index contributed by atoms with van der Waals surface area (Å²) in [6.45, 7) is 19.4. The molecule has 0 aromatic rings. The summed E-state index contributed by atoms with van der Waals surface area (Å²) in [5.41, 5.74) is 0.196. The van der Waals surface area contributed by atoms with Gasteiger partial charge in [-0.05, 0) is 39.5 Å². The van der Waals surface area contributed by atoms with Gasteiger partial charge in [0.2, 0.25) is 0 Å². The summed E-state index contributed by atoms with van der Waals surface area (Å²) >= 11 is 0. The summed E-state index contributed by atoms with van der Waals surface area (Å²) in [7, 11) is 0. The smallest absolute Gasteiger partial charge is 0.0784 e. The van der Waals surface area contributed by atoms with Crippen molar-refractivity contribution in [3.63, 3.8) is 0 Å². The van der Waals surface area contributed by atoms with Crippen LogP contribution in [0.4, 0.5) is 0 Å². The van der Waals surface area contributed by atoms with E-state index in [1.54, 1.807) is 0 Å². The highest BCUT2D eigenvalue weighted by Gasteiger charge is 2.13. The van der Waals surface area contributed by atoms with Gasteiger partial charge < -0.3 is 18.9 Å². The zero-order valence-electron chi connectivity index (χ0n) is 16.0. The van der Waals surface area contributed by atoms with E-state index in [9.17, 15) is 0 Å². The van der Waals surface area contributed by atoms with Crippen LogP contribution < -0.4 is 0 Å². The Morgan fingerprint density at radius 2 is 1.23 bits per heavy atom. The van der Waals surface area contributed by atoms with Crippen LogP contribution in [-0.2, 0) is 18.9 Å². The molecule has 0 aliphatic rings. The fourth-order valence-electron chi connectivity index (χ4n) is 1.76. The third kappa shape index (κ3) is 13.5. The van der Waals surface area contributed by atoms with Gasteiger partial charge in [0.15, 0.2) is 0 Å². The second-order valence-corrected chi connectivity index (χ2v) is 7.53. The van der Waals surface area contributed by atoms with Crippen molar-refractivity contribution in [2.45, 2.75) is 86.2 Å². The van der Waals surface area contributed by atoms with Crippen LogP contribution in [0.15, 0.2) is 0 Å². The maximum Gasteiger partial charge on any atom is 0.0784 e. The normalized spacial score (nSPS) is 18.0. The predicted octanol–water partition coefficient (Wildman–Crippen LogP) is 4.06. The molecule has 0 saturated carbocycles. The summed E-state index contributed by atoms with van der Waals surface area (Å²) in [6, 6.07) is 0. The Kier molecular flexibility index (Phi) is 11.3. The van der Waals surface area contributed by atoms with Gasteiger partial charge in [-0.15, -0.1) is 0 Å². The zero-order chi connectivity index (χ0) is 17.2. The molecular weight excluding hydrogens is 280 g/mol. The molecule has 134 valence electrons. The average Bonchev–Trinajstić information content (AvgIpc) is 2.41. The Hall–Kier alpha value is -0.160. The molecule has 0 saturated heterocycles. The number of hydrogen-bond acceptors (Lipinski definition) is 4. The van der Waals surface area contributed by atoms with Gasteiger partial charge in [0.25, 0.3) is 0 Å². The van der Waals surface area contributed by atoms with E-state index < -0.39 is 0 Å². The Morgan fingerprint density at radius 1 is 0.727 bits per heavy atom. The Morgan fingerprint density at radius 3 is 1.73 bits per heavy atom. The minimum absolute atomic E-state index is 0.0630. The third-order valence-electron chi connectivity index (χ3n) is 3.16. The van der Waals surface area contributed by atoms with E-state index in [0.717, 1.165) is 13.0 Å². The minimum atomic E-state index is 0.0630. The van der Waals surface area contributed by atoms with Crippen molar-refractivity contribution in [3.8, 4) is 0 Å². The van der Waals surface area contributed by atoms with Crippen LogP contribution in [0.1, 0.15) is 61.8 Å². The molecule has 0 aromatic carbocycles. The van der Waals surface area contributed by atoms with Gasteiger partial charge in [-0.1, -0.05) is 27.7 Å². The van der Waals surface area contributed by atoms with Crippen molar-refractivity contribution in [2.24, 2.45) is 5.41 Å². The lowest BCUT2D eigenvalue weighted by Crippen LogP contribution is -2.28. The predicted molar refractivity (Wildman–Crippen MR) is 91.4 cm³/mol. The minimum Gasteiger partial charge on any atom is -0.378 e. The van der Waals surface area contributed by atoms with E-state index in [1.807, 2.05) is 20.8 Å². The average molecular weight is 318 g/mol. The molecule has 0 bridgehead atoms. The maximum absolute atomic E-state index is 5.77. The lowest BCUT2D eigenvalue weighted by Gasteiger charge is -2.23. The van der Waals surface area contributed by atoms with Crippen LogP contribution in [-0.4, -0.2) is 50.8 Å². The van der Waals surface area contributed by atoms with Gasteiger partial charge >= 0.3 is 0 Å². The first-order chi connectivity index (χ1) is 10.1. The number of rotatable bonds is 12. The molecule has 0 rings (SSSR count). The monoisotopic (exact) mass is 318 g/mol. The maximum atomic E-state index is 5.77. The standard InChI is InChI=1S/C18H38O4/c1-9-14(2)22-17(5)12-21-16(4)11-20-15(3)10-19-13-18(6,7)8/h14-17H,9-13H2,1-8H3. The second kappa shape index (κ2) is 11.4. The summed E-state index contributed by atoms with van der Waals surface area (Å²) < 4.78 is 23.0. The van der Waals surface area contributed by atoms with Crippen LogP contribution in [0, 0.1) is 5.41 Å². The number of ether oxygens (including phenoxy) is 4. The van der Waals surface area contributed by atoms with Crippen molar-refractivity contribution in [1.82, 2.24) is 0 Å². The SMILES string of the molecule is CCC(C)OC(C)COC(C)COC(C)COCC(C)(C)C. The van der Waals surface area contributed by atoms with E-state index in [2.05, 4.69) is 34.6 Å². The summed E-state index contributed by atoms with van der Waals surface area (Å²) in [5, 5.41) is 0. The molecule has 4 atom stereocenters. The quantitative estimate of drug-likeness (QED) is 0.544. The van der Waals surface area contributed by atoms with Gasteiger partial charge in [-0.25, -0.2) is 0 Å². The van der Waals surface area contributed by atoms with Crippen LogP contribution >= 0.6 is 0 Å². The first-order valence-electron chi connectivity index (χ1n) is 8.60. The molecule has 0 spiro atoms. The second-order valence-electron chi connectivity index (χ2n) is 7.53. The zero-order valence-corrected chi connectivity index (χ0v) is 16.0. The van der Waals surface area contributed by atoms with E-state index in [1.165, 1.54) is 0 Å². The molecule has 0 heterocycles. The van der Waals surface area contributed by atoms with Crippen LogP contribution in [0.3, 0.4) is 0 Å². The molecule has 0 aromatic heterocycles. The fourth-order valence-corrected chi connectivity index (χ4v) is 1.76. The van der Waals surface area contributed by atoms with Crippen LogP contribution in [0.25, 0.3) is 0 Å². The van der Waals surface area contributed by atoms with E-state index >= 15 is 0 Å². The Balaban J connectivity index is 3.69. The first kappa shape index (κ1) is 21.8. The largest absolute Gasteiger partial charge is 0.378 e. The van der Waals surface area contributed by atoms with Gasteiger partial charge in [0.05, 0.1) is 50.8 Å². The Bertz CT molecular complexity index is 262. The lowest BCUT2D eigenvalue weighted by molar-refractivity contribution is -0.0928. The van der Waals surface area contributed by atoms with Crippen molar-refractivity contribution in [3.05, 3.63) is 0 Å². The van der Waals surface area contributed by atoms with Crippen molar-refractivity contribution in [1.29, 1.82) is 0 Å². The molecule has 0 aliphatic carbocycles. The van der Waals surface area contributed by atoms with Crippen molar-refractivity contribution < 1.29 is 18.9 Å². The number of hydrogen-bond donors (Lipinski definition) is 0. The first-order valence-corrected chi connectivity index (χ1v) is 8.60. The Labute approximate surface area is 137 Å². The topological polar surface area (TPSA) is 36.9 Å². The van der Waals surface area contributed by atoms with Gasteiger partial charge in [-0.2, -0.15) is 0 Å². The molecule has 4 heteroatoms. The van der Waals surface area contributed by atoms with E-state index in [0.29, 0.717) is 19.8 Å². The van der Waals surface area contributed by atoms with Crippen LogP contribution in [0.2, 0.25) is 0 Å². The highest BCUT2D eigenvalue weighted by Crippen LogP contribution is 2.13. The lowest BCUT2D eigenvalue weighted by atomic mass is 9.99. The van der Waals surface area contributed by atoms with Gasteiger partial charge in [-0.3, -0.25) is 0 Å². The van der Waals surface area contributed by atoms with Crippen molar-refractivity contribution >= 4 is 0 Å². The molecule has 0 amide bonds. The highest BCUT2D eigenvalue weighted by molar-refractivity contribution is 4.60. The highest BCUT2D eigenvalue weighted by atomic mass is 16.6. The molecule has 0 N–H and O–H groups in total. The molecule has 22 heavy (non-hydrogen) atoms. The molecule has 0 fully saturated rings. The molecular formula is C18H38O4. The molecule has 4 unspecified atom stereocenters. The molecule has 0 aliphatic heterocycles. The van der Waals surface area contributed by atoms with Gasteiger partial charge in [0, 0.05) is 0 Å². The summed E-state index contributed by atoms with van der Waals surface area (Å²) in [6.07, 6.45) is 1.57. The fraction of sp³-hybridized carbons (Fsp3) is 1.00.